The van der Waals surface area contributed by atoms with Gasteiger partial charge < -0.3 is 14.8 Å². The number of anilines is 1. The van der Waals surface area contributed by atoms with Gasteiger partial charge in [-0.25, -0.2) is 4.98 Å². The molecular formula is C24H26N4O2. The number of hydrogen-bond acceptors (Lipinski definition) is 3. The predicted octanol–water partition coefficient (Wildman–Crippen LogP) is 3.67. The number of aryl methyl sites for hydroxylation is 1. The van der Waals surface area contributed by atoms with Crippen molar-refractivity contribution in [2.75, 3.05) is 11.4 Å². The zero-order chi connectivity index (χ0) is 21.1. The zero-order valence-corrected chi connectivity index (χ0v) is 17.3. The van der Waals surface area contributed by atoms with Crippen molar-refractivity contribution < 1.29 is 9.59 Å². The van der Waals surface area contributed by atoms with Crippen molar-refractivity contribution in [3.8, 4) is 5.69 Å². The summed E-state index contributed by atoms with van der Waals surface area (Å²) < 4.78 is 1.93. The SMILES string of the molecule is CCc1ccc(N2C[C@H](C(=O)N[C@H](C)c3ccc(-n4ccnc4)cc3)CC2=O)cc1. The van der Waals surface area contributed by atoms with Gasteiger partial charge in [0.25, 0.3) is 0 Å². The summed E-state index contributed by atoms with van der Waals surface area (Å²) in [6.45, 7) is 4.48. The van der Waals surface area contributed by atoms with Gasteiger partial charge >= 0.3 is 0 Å². The molecule has 1 aromatic heterocycles. The van der Waals surface area contributed by atoms with E-state index < -0.39 is 0 Å². The molecule has 4 rings (SSSR count). The summed E-state index contributed by atoms with van der Waals surface area (Å²) in [5.74, 6) is -0.421. The highest BCUT2D eigenvalue weighted by molar-refractivity contribution is 6.00. The molecule has 1 aliphatic heterocycles. The topological polar surface area (TPSA) is 67.2 Å². The molecule has 1 aliphatic rings. The smallest absolute Gasteiger partial charge is 0.227 e. The van der Waals surface area contributed by atoms with E-state index in [0.717, 1.165) is 23.4 Å². The van der Waals surface area contributed by atoms with Crippen LogP contribution in [0.2, 0.25) is 0 Å². The van der Waals surface area contributed by atoms with Gasteiger partial charge in [0.1, 0.15) is 0 Å². The monoisotopic (exact) mass is 402 g/mol. The van der Waals surface area contributed by atoms with E-state index in [9.17, 15) is 9.59 Å². The molecule has 0 spiro atoms. The van der Waals surface area contributed by atoms with Gasteiger partial charge in [0.05, 0.1) is 18.3 Å². The van der Waals surface area contributed by atoms with E-state index in [0.29, 0.717) is 6.54 Å². The van der Waals surface area contributed by atoms with E-state index in [2.05, 4.69) is 17.2 Å². The van der Waals surface area contributed by atoms with Crippen molar-refractivity contribution in [2.45, 2.75) is 32.7 Å². The molecule has 0 bridgehead atoms. The van der Waals surface area contributed by atoms with Crippen molar-refractivity contribution in [3.63, 3.8) is 0 Å². The van der Waals surface area contributed by atoms with Gasteiger partial charge in [-0.05, 0) is 48.7 Å². The lowest BCUT2D eigenvalue weighted by Gasteiger charge is -2.19. The first-order valence-electron chi connectivity index (χ1n) is 10.3. The number of aromatic nitrogens is 2. The number of benzene rings is 2. The quantitative estimate of drug-likeness (QED) is 0.684. The minimum absolute atomic E-state index is 0.00302. The third kappa shape index (κ3) is 4.13. The Kier molecular flexibility index (Phi) is 5.65. The van der Waals surface area contributed by atoms with Crippen LogP contribution in [-0.4, -0.2) is 27.9 Å². The maximum Gasteiger partial charge on any atom is 0.227 e. The molecule has 3 aromatic rings. The molecule has 2 amide bonds. The third-order valence-corrected chi connectivity index (χ3v) is 5.71. The first kappa shape index (κ1) is 19.9. The number of rotatable bonds is 6. The Labute approximate surface area is 176 Å². The van der Waals surface area contributed by atoms with E-state index in [1.54, 1.807) is 17.4 Å². The second-order valence-corrected chi connectivity index (χ2v) is 7.72. The average molecular weight is 402 g/mol. The maximum atomic E-state index is 12.8. The minimum Gasteiger partial charge on any atom is -0.349 e. The van der Waals surface area contributed by atoms with Crippen molar-refractivity contribution in [2.24, 2.45) is 5.92 Å². The number of nitrogens with one attached hydrogen (secondary N) is 1. The third-order valence-electron chi connectivity index (χ3n) is 5.71. The largest absolute Gasteiger partial charge is 0.349 e. The van der Waals surface area contributed by atoms with Crippen LogP contribution >= 0.6 is 0 Å². The van der Waals surface area contributed by atoms with Crippen LogP contribution in [0.15, 0.2) is 67.3 Å². The molecule has 154 valence electrons. The standard InChI is InChI=1S/C24H26N4O2/c1-3-18-4-8-22(9-5-18)28-15-20(14-23(28)29)24(30)26-17(2)19-6-10-21(11-7-19)27-13-12-25-16-27/h4-13,16-17,20H,3,14-15H2,1-2H3,(H,26,30)/t17-,20-/m1/s1. The van der Waals surface area contributed by atoms with Crippen molar-refractivity contribution in [1.82, 2.24) is 14.9 Å². The highest BCUT2D eigenvalue weighted by Crippen LogP contribution is 2.26. The van der Waals surface area contributed by atoms with Crippen molar-refractivity contribution in [1.29, 1.82) is 0 Å². The van der Waals surface area contributed by atoms with E-state index >= 15 is 0 Å². The van der Waals surface area contributed by atoms with Crippen LogP contribution in [0.4, 0.5) is 5.69 Å². The Morgan fingerprint density at radius 3 is 2.47 bits per heavy atom. The number of carbonyl (C=O) groups excluding carboxylic acids is 2. The van der Waals surface area contributed by atoms with Crippen molar-refractivity contribution >= 4 is 17.5 Å². The second-order valence-electron chi connectivity index (χ2n) is 7.72. The highest BCUT2D eigenvalue weighted by atomic mass is 16.2. The van der Waals surface area contributed by atoms with E-state index in [4.69, 9.17) is 0 Å². The van der Waals surface area contributed by atoms with Crippen molar-refractivity contribution in [3.05, 3.63) is 78.4 Å². The molecule has 2 heterocycles. The van der Waals surface area contributed by atoms with Gasteiger partial charge in [0, 0.05) is 36.7 Å². The Bertz CT molecular complexity index is 1010. The molecule has 6 nitrogen and oxygen atoms in total. The van der Waals surface area contributed by atoms with Crippen LogP contribution in [0.3, 0.4) is 0 Å². The summed E-state index contributed by atoms with van der Waals surface area (Å²) in [4.78, 5) is 31.1. The molecule has 0 aliphatic carbocycles. The molecule has 6 heteroatoms. The Morgan fingerprint density at radius 1 is 1.13 bits per heavy atom. The summed E-state index contributed by atoms with van der Waals surface area (Å²) in [6, 6.07) is 15.9. The van der Waals surface area contributed by atoms with Gasteiger partial charge in [-0.2, -0.15) is 0 Å². The van der Waals surface area contributed by atoms with Crippen LogP contribution in [-0.2, 0) is 16.0 Å². The summed E-state index contributed by atoms with van der Waals surface area (Å²) in [6.07, 6.45) is 6.58. The van der Waals surface area contributed by atoms with Gasteiger partial charge in [-0.3, -0.25) is 9.59 Å². The van der Waals surface area contributed by atoms with E-state index in [1.165, 1.54) is 5.56 Å². The molecular weight excluding hydrogens is 376 g/mol. The Hall–Kier alpha value is -3.41. The average Bonchev–Trinajstić information content (AvgIpc) is 3.44. The van der Waals surface area contributed by atoms with Gasteiger partial charge in [-0.15, -0.1) is 0 Å². The Balaban J connectivity index is 1.38. The minimum atomic E-state index is -0.337. The molecule has 0 saturated carbocycles. The normalized spacial score (nSPS) is 17.2. The zero-order valence-electron chi connectivity index (χ0n) is 17.3. The molecule has 1 fully saturated rings. The van der Waals surface area contributed by atoms with Crippen LogP contribution in [0.5, 0.6) is 0 Å². The van der Waals surface area contributed by atoms with Crippen LogP contribution < -0.4 is 10.2 Å². The molecule has 1 saturated heterocycles. The summed E-state index contributed by atoms with van der Waals surface area (Å²) in [7, 11) is 0. The lowest BCUT2D eigenvalue weighted by molar-refractivity contribution is -0.126. The molecule has 0 unspecified atom stereocenters. The maximum absolute atomic E-state index is 12.8. The van der Waals surface area contributed by atoms with Crippen LogP contribution in [0, 0.1) is 5.92 Å². The first-order chi connectivity index (χ1) is 14.5. The number of nitrogens with zero attached hydrogens (tertiary/aromatic N) is 3. The number of hydrogen-bond donors (Lipinski definition) is 1. The van der Waals surface area contributed by atoms with E-state index in [-0.39, 0.29) is 30.2 Å². The fourth-order valence-electron chi connectivity index (χ4n) is 3.81. The van der Waals surface area contributed by atoms with Gasteiger partial charge in [0.2, 0.25) is 11.8 Å². The first-order valence-corrected chi connectivity index (χ1v) is 10.3. The summed E-state index contributed by atoms with van der Waals surface area (Å²) in [5, 5.41) is 3.07. The predicted molar refractivity (Wildman–Crippen MR) is 116 cm³/mol. The lowest BCUT2D eigenvalue weighted by atomic mass is 10.0. The second kappa shape index (κ2) is 8.53. The molecule has 30 heavy (non-hydrogen) atoms. The summed E-state index contributed by atoms with van der Waals surface area (Å²) in [5.41, 5.74) is 4.12. The number of amides is 2. The lowest BCUT2D eigenvalue weighted by Crippen LogP contribution is -2.34. The molecule has 2 atom stereocenters. The number of imidazole rings is 1. The summed E-state index contributed by atoms with van der Waals surface area (Å²) >= 11 is 0. The van der Waals surface area contributed by atoms with Crippen LogP contribution in [0.1, 0.15) is 37.4 Å². The fraction of sp³-hybridized carbons (Fsp3) is 0.292. The molecule has 2 aromatic carbocycles. The van der Waals surface area contributed by atoms with Gasteiger partial charge in [-0.1, -0.05) is 31.2 Å². The van der Waals surface area contributed by atoms with E-state index in [1.807, 2.05) is 66.2 Å². The molecule has 1 N–H and O–H groups in total. The Morgan fingerprint density at radius 2 is 1.83 bits per heavy atom. The molecule has 0 radical (unpaired) electrons. The number of carbonyl (C=O) groups is 2. The van der Waals surface area contributed by atoms with Crippen LogP contribution in [0.25, 0.3) is 5.69 Å². The van der Waals surface area contributed by atoms with Gasteiger partial charge in [0.15, 0.2) is 0 Å². The highest BCUT2D eigenvalue weighted by Gasteiger charge is 2.35. The fourth-order valence-corrected chi connectivity index (χ4v) is 3.81.